The van der Waals surface area contributed by atoms with Crippen LogP contribution in [0.1, 0.15) is 11.1 Å². The smallest absolute Gasteiger partial charge is 0.190 e. The van der Waals surface area contributed by atoms with Gasteiger partial charge in [-0.05, 0) is 48.2 Å². The van der Waals surface area contributed by atoms with E-state index in [1.165, 1.54) is 11.8 Å². The minimum atomic E-state index is -3.16. The van der Waals surface area contributed by atoms with Gasteiger partial charge in [0, 0.05) is 26.4 Å². The van der Waals surface area contributed by atoms with E-state index in [0.717, 1.165) is 36.7 Å². The fraction of sp³-hybridized carbons (Fsp3) is 0.318. The zero-order valence-electron chi connectivity index (χ0n) is 17.2. The third kappa shape index (κ3) is 9.05. The van der Waals surface area contributed by atoms with Crippen molar-refractivity contribution in [3.63, 3.8) is 0 Å². The maximum absolute atomic E-state index is 11.5. The summed E-state index contributed by atoms with van der Waals surface area (Å²) >= 11 is 0. The molecule has 0 aliphatic rings. The van der Waals surface area contributed by atoms with Crippen molar-refractivity contribution in [1.82, 2.24) is 10.6 Å². The Bertz CT molecular complexity index is 951. The maximum atomic E-state index is 11.5. The minimum Gasteiger partial charge on any atom is -0.481 e. The Labute approximate surface area is 196 Å². The van der Waals surface area contributed by atoms with Crippen molar-refractivity contribution < 1.29 is 13.2 Å². The first-order valence-corrected chi connectivity index (χ1v) is 11.2. The highest BCUT2D eigenvalue weighted by molar-refractivity contribution is 14.0. The molecule has 30 heavy (non-hydrogen) atoms. The number of ether oxygens (including phenoxy) is 1. The number of hydrogen-bond donors (Lipinski definition) is 2. The molecule has 0 saturated carbocycles. The highest BCUT2D eigenvalue weighted by Gasteiger charge is 2.06. The second-order valence-corrected chi connectivity index (χ2v) is 8.49. The van der Waals surface area contributed by atoms with Gasteiger partial charge in [0.2, 0.25) is 0 Å². The van der Waals surface area contributed by atoms with Crippen LogP contribution in [0.15, 0.2) is 58.4 Å². The molecule has 0 unspecified atom stereocenters. The SMILES string of the molecule is C#CCOc1ccc(CCNC(=NC)NCCc2ccc(S(C)(=O)=O)cc2)cc1.I. The quantitative estimate of drug-likeness (QED) is 0.221. The zero-order chi connectivity index (χ0) is 21.1. The van der Waals surface area contributed by atoms with Gasteiger partial charge in [0.15, 0.2) is 15.8 Å². The average Bonchev–Trinajstić information content (AvgIpc) is 2.71. The van der Waals surface area contributed by atoms with Crippen LogP contribution in [0, 0.1) is 12.3 Å². The van der Waals surface area contributed by atoms with Crippen LogP contribution in [0.3, 0.4) is 0 Å². The van der Waals surface area contributed by atoms with Crippen LogP contribution < -0.4 is 15.4 Å². The van der Waals surface area contributed by atoms with Gasteiger partial charge in [-0.3, -0.25) is 4.99 Å². The monoisotopic (exact) mass is 541 g/mol. The van der Waals surface area contributed by atoms with Gasteiger partial charge < -0.3 is 15.4 Å². The molecule has 0 bridgehead atoms. The fourth-order valence-electron chi connectivity index (χ4n) is 2.65. The predicted molar refractivity (Wildman–Crippen MR) is 133 cm³/mol. The molecule has 6 nitrogen and oxygen atoms in total. The molecule has 2 N–H and O–H groups in total. The van der Waals surface area contributed by atoms with Crippen molar-refractivity contribution >= 4 is 39.8 Å². The van der Waals surface area contributed by atoms with Crippen LogP contribution in [0.5, 0.6) is 5.75 Å². The number of halogens is 1. The van der Waals surface area contributed by atoms with E-state index in [1.807, 2.05) is 36.4 Å². The number of guanidine groups is 1. The van der Waals surface area contributed by atoms with Crippen molar-refractivity contribution in [3.05, 3.63) is 59.7 Å². The molecule has 2 aromatic rings. The molecule has 0 fully saturated rings. The van der Waals surface area contributed by atoms with Crippen LogP contribution in [-0.2, 0) is 22.7 Å². The molecule has 0 aromatic heterocycles. The Morgan fingerprint density at radius 3 is 1.93 bits per heavy atom. The maximum Gasteiger partial charge on any atom is 0.190 e. The third-order valence-corrected chi connectivity index (χ3v) is 5.36. The summed E-state index contributed by atoms with van der Waals surface area (Å²) in [7, 11) is -1.43. The van der Waals surface area contributed by atoms with E-state index in [1.54, 1.807) is 19.2 Å². The summed E-state index contributed by atoms with van der Waals surface area (Å²) in [6.07, 6.45) is 8.01. The topological polar surface area (TPSA) is 79.8 Å². The molecular formula is C22H28IN3O3S. The molecule has 0 atom stereocenters. The second-order valence-electron chi connectivity index (χ2n) is 6.48. The van der Waals surface area contributed by atoms with E-state index in [-0.39, 0.29) is 30.6 Å². The molecule has 0 heterocycles. The molecule has 0 aliphatic heterocycles. The van der Waals surface area contributed by atoms with E-state index in [2.05, 4.69) is 21.5 Å². The second kappa shape index (κ2) is 13.1. The van der Waals surface area contributed by atoms with Crippen molar-refractivity contribution in [2.75, 3.05) is 33.0 Å². The minimum absolute atomic E-state index is 0. The molecule has 8 heteroatoms. The van der Waals surface area contributed by atoms with Crippen molar-refractivity contribution in [3.8, 4) is 18.1 Å². The largest absolute Gasteiger partial charge is 0.481 e. The summed E-state index contributed by atoms with van der Waals surface area (Å²) < 4.78 is 28.4. The van der Waals surface area contributed by atoms with E-state index in [4.69, 9.17) is 11.2 Å². The predicted octanol–water partition coefficient (Wildman–Crippen LogP) is 2.67. The highest BCUT2D eigenvalue weighted by atomic mass is 127. The van der Waals surface area contributed by atoms with Crippen molar-refractivity contribution in [2.45, 2.75) is 17.7 Å². The summed E-state index contributed by atoms with van der Waals surface area (Å²) in [5, 5.41) is 6.55. The Balaban J connectivity index is 0.00000450. The lowest BCUT2D eigenvalue weighted by Crippen LogP contribution is -2.39. The normalized spacial score (nSPS) is 11.2. The van der Waals surface area contributed by atoms with E-state index in [0.29, 0.717) is 11.4 Å². The number of hydrogen-bond acceptors (Lipinski definition) is 4. The first-order chi connectivity index (χ1) is 13.9. The Morgan fingerprint density at radius 2 is 1.50 bits per heavy atom. The van der Waals surface area contributed by atoms with Gasteiger partial charge >= 0.3 is 0 Å². The molecule has 0 spiro atoms. The summed E-state index contributed by atoms with van der Waals surface area (Å²) in [4.78, 5) is 4.56. The average molecular weight is 541 g/mol. The van der Waals surface area contributed by atoms with Crippen molar-refractivity contribution in [2.24, 2.45) is 4.99 Å². The number of benzene rings is 2. The summed E-state index contributed by atoms with van der Waals surface area (Å²) in [6.45, 7) is 1.71. The first kappa shape index (κ1) is 25.8. The molecular weight excluding hydrogens is 513 g/mol. The van der Waals surface area contributed by atoms with E-state index < -0.39 is 9.84 Å². The Hall–Kier alpha value is -2.25. The fourth-order valence-corrected chi connectivity index (χ4v) is 3.28. The number of nitrogens with zero attached hydrogens (tertiary/aromatic N) is 1. The van der Waals surface area contributed by atoms with Gasteiger partial charge in [-0.2, -0.15) is 0 Å². The van der Waals surface area contributed by atoms with E-state index >= 15 is 0 Å². The summed E-state index contributed by atoms with van der Waals surface area (Å²) in [5.74, 6) is 3.94. The molecule has 2 rings (SSSR count). The van der Waals surface area contributed by atoms with Gasteiger partial charge in [-0.15, -0.1) is 30.4 Å². The molecule has 162 valence electrons. The Morgan fingerprint density at radius 1 is 1.00 bits per heavy atom. The van der Waals surface area contributed by atoms with Crippen LogP contribution in [-0.4, -0.2) is 47.4 Å². The summed E-state index contributed by atoms with van der Waals surface area (Å²) in [5.41, 5.74) is 2.25. The van der Waals surface area contributed by atoms with Gasteiger partial charge in [-0.25, -0.2) is 8.42 Å². The Kier molecular flexibility index (Phi) is 11.3. The third-order valence-electron chi connectivity index (χ3n) is 4.23. The van der Waals surface area contributed by atoms with Gasteiger partial charge in [-0.1, -0.05) is 30.2 Å². The molecule has 0 aliphatic carbocycles. The van der Waals surface area contributed by atoms with E-state index in [9.17, 15) is 8.42 Å². The van der Waals surface area contributed by atoms with Gasteiger partial charge in [0.25, 0.3) is 0 Å². The number of nitrogens with one attached hydrogen (secondary N) is 2. The lowest BCUT2D eigenvalue weighted by atomic mass is 10.1. The lowest BCUT2D eigenvalue weighted by Gasteiger charge is -2.12. The van der Waals surface area contributed by atoms with Gasteiger partial charge in [0.05, 0.1) is 4.90 Å². The van der Waals surface area contributed by atoms with Crippen LogP contribution in [0.2, 0.25) is 0 Å². The highest BCUT2D eigenvalue weighted by Crippen LogP contribution is 2.12. The summed E-state index contributed by atoms with van der Waals surface area (Å²) in [6, 6.07) is 14.8. The molecule has 0 saturated heterocycles. The number of rotatable bonds is 9. The molecule has 0 radical (unpaired) electrons. The number of terminal acetylenes is 1. The zero-order valence-corrected chi connectivity index (χ0v) is 20.4. The molecule has 2 aromatic carbocycles. The van der Waals surface area contributed by atoms with Crippen LogP contribution >= 0.6 is 24.0 Å². The number of aliphatic imine (C=N–C) groups is 1. The standard InChI is InChI=1S/C22H27N3O3S.HI/c1-4-17-28-20-9-5-18(6-10-20)13-15-24-22(23-2)25-16-14-19-7-11-21(12-8-19)29(3,26)27;/h1,5-12H,13-17H2,2-3H3,(H2,23,24,25);1H. The first-order valence-electron chi connectivity index (χ1n) is 9.31. The van der Waals surface area contributed by atoms with Crippen LogP contribution in [0.25, 0.3) is 0 Å². The lowest BCUT2D eigenvalue weighted by molar-refractivity contribution is 0.370. The van der Waals surface area contributed by atoms with Gasteiger partial charge in [0.1, 0.15) is 12.4 Å². The van der Waals surface area contributed by atoms with Crippen LogP contribution in [0.4, 0.5) is 0 Å². The van der Waals surface area contributed by atoms with Crippen molar-refractivity contribution in [1.29, 1.82) is 0 Å². The number of sulfone groups is 1. The molecule has 0 amide bonds.